The average molecular weight is 311 g/mol. The van der Waals surface area contributed by atoms with Gasteiger partial charge in [-0.15, -0.1) is 0 Å². The molecule has 2 N–H and O–H groups in total. The van der Waals surface area contributed by atoms with Crippen molar-refractivity contribution in [1.82, 2.24) is 0 Å². The minimum Gasteiger partial charge on any atom is -0.398 e. The standard InChI is InChI=1S/C11H30O4Si3/c1-17(2,9-5-7-12)14-11(16)15-18(3,4)10-6-8-13/h11-13H,5-10H2,1-4,16H3. The zero-order chi connectivity index (χ0) is 14.2. The fourth-order valence-electron chi connectivity index (χ4n) is 2.05. The first kappa shape index (κ1) is 18.5. The van der Waals surface area contributed by atoms with Crippen LogP contribution in [-0.2, 0) is 8.85 Å². The maximum Gasteiger partial charge on any atom is 0.189 e. The van der Waals surface area contributed by atoms with Crippen molar-refractivity contribution in [1.29, 1.82) is 0 Å². The number of aliphatic hydroxyl groups is 2. The third kappa shape index (κ3) is 9.42. The topological polar surface area (TPSA) is 58.9 Å². The molecule has 0 rings (SSSR count). The fourth-order valence-corrected chi connectivity index (χ4v) is 10.1. The van der Waals surface area contributed by atoms with E-state index < -0.39 is 16.6 Å². The van der Waals surface area contributed by atoms with E-state index in [-0.39, 0.29) is 19.1 Å². The molecule has 0 spiro atoms. The van der Waals surface area contributed by atoms with Gasteiger partial charge in [-0.1, -0.05) is 0 Å². The smallest absolute Gasteiger partial charge is 0.189 e. The van der Waals surface area contributed by atoms with Crippen molar-refractivity contribution >= 4 is 26.9 Å². The van der Waals surface area contributed by atoms with Crippen LogP contribution in [0, 0.1) is 0 Å². The summed E-state index contributed by atoms with van der Waals surface area (Å²) in [4.78, 5) is 0. The van der Waals surface area contributed by atoms with Crippen LogP contribution in [0.4, 0.5) is 0 Å². The van der Waals surface area contributed by atoms with Crippen molar-refractivity contribution in [3.63, 3.8) is 0 Å². The predicted octanol–water partition coefficient (Wildman–Crippen LogP) is 0.844. The molecular weight excluding hydrogens is 280 g/mol. The van der Waals surface area contributed by atoms with Crippen molar-refractivity contribution in [2.45, 2.75) is 57.0 Å². The molecule has 0 radical (unpaired) electrons. The van der Waals surface area contributed by atoms with E-state index in [1.165, 1.54) is 0 Å². The molecule has 0 unspecified atom stereocenters. The summed E-state index contributed by atoms with van der Waals surface area (Å²) >= 11 is 0. The predicted molar refractivity (Wildman–Crippen MR) is 83.9 cm³/mol. The fraction of sp³-hybridized carbons (Fsp3) is 1.00. The van der Waals surface area contributed by atoms with Gasteiger partial charge in [-0.2, -0.15) is 0 Å². The van der Waals surface area contributed by atoms with Gasteiger partial charge in [0.2, 0.25) is 0 Å². The van der Waals surface area contributed by atoms with E-state index in [9.17, 15) is 0 Å². The largest absolute Gasteiger partial charge is 0.398 e. The molecule has 0 atom stereocenters. The Balaban J connectivity index is 4.11. The second-order valence-electron chi connectivity index (χ2n) is 5.98. The molecule has 7 heteroatoms. The highest BCUT2D eigenvalue weighted by molar-refractivity contribution is 6.72. The van der Waals surface area contributed by atoms with Gasteiger partial charge in [0.1, 0.15) is 5.91 Å². The summed E-state index contributed by atoms with van der Waals surface area (Å²) in [5.74, 6) is -0.0364. The Morgan fingerprint density at radius 2 is 1.22 bits per heavy atom. The van der Waals surface area contributed by atoms with E-state index in [4.69, 9.17) is 19.1 Å². The zero-order valence-corrected chi connectivity index (χ0v) is 16.5. The number of aliphatic hydroxyl groups excluding tert-OH is 2. The molecule has 0 amide bonds. The molecule has 0 aromatic rings. The summed E-state index contributed by atoms with van der Waals surface area (Å²) in [7, 11) is -2.52. The van der Waals surface area contributed by atoms with Crippen LogP contribution < -0.4 is 0 Å². The highest BCUT2D eigenvalue weighted by Crippen LogP contribution is 2.20. The van der Waals surface area contributed by atoms with Gasteiger partial charge in [0, 0.05) is 13.2 Å². The summed E-state index contributed by atoms with van der Waals surface area (Å²) in [5.41, 5.74) is 0. The lowest BCUT2D eigenvalue weighted by Crippen LogP contribution is -2.43. The summed E-state index contributed by atoms with van der Waals surface area (Å²) in [5, 5.41) is 17.7. The summed E-state index contributed by atoms with van der Waals surface area (Å²) in [6.45, 7) is 9.20. The minimum atomic E-state index is -1.70. The monoisotopic (exact) mass is 310 g/mol. The van der Waals surface area contributed by atoms with Crippen LogP contribution in [-0.4, -0.2) is 56.2 Å². The van der Waals surface area contributed by atoms with Crippen LogP contribution in [0.2, 0.25) is 38.3 Å². The number of hydrogen-bond acceptors (Lipinski definition) is 4. The molecule has 18 heavy (non-hydrogen) atoms. The Morgan fingerprint density at radius 3 is 1.50 bits per heavy atom. The van der Waals surface area contributed by atoms with Crippen LogP contribution in [0.25, 0.3) is 0 Å². The lowest BCUT2D eigenvalue weighted by molar-refractivity contribution is 0.0603. The first-order chi connectivity index (χ1) is 8.22. The van der Waals surface area contributed by atoms with Crippen LogP contribution in [0.3, 0.4) is 0 Å². The van der Waals surface area contributed by atoms with Gasteiger partial charge in [-0.25, -0.2) is 0 Å². The molecule has 0 aliphatic heterocycles. The Bertz CT molecular complexity index is 202. The lowest BCUT2D eigenvalue weighted by Gasteiger charge is -2.33. The third-order valence-corrected chi connectivity index (χ3v) is 9.31. The summed E-state index contributed by atoms with van der Waals surface area (Å²) in [6, 6.07) is 1.95. The van der Waals surface area contributed by atoms with Crippen LogP contribution in [0.15, 0.2) is 0 Å². The zero-order valence-electron chi connectivity index (χ0n) is 12.5. The minimum absolute atomic E-state index is 0.0364. The van der Waals surface area contributed by atoms with E-state index in [1.54, 1.807) is 0 Å². The third-order valence-electron chi connectivity index (χ3n) is 2.84. The maximum atomic E-state index is 8.87. The molecular formula is C11H30O4Si3. The summed E-state index contributed by atoms with van der Waals surface area (Å²) in [6.07, 6.45) is 1.64. The van der Waals surface area contributed by atoms with Crippen molar-refractivity contribution in [2.24, 2.45) is 0 Å². The number of rotatable bonds is 10. The van der Waals surface area contributed by atoms with Gasteiger partial charge in [-0.05, 0) is 51.1 Å². The molecule has 0 bridgehead atoms. The first-order valence-corrected chi connectivity index (χ1v) is 14.2. The van der Waals surface area contributed by atoms with Gasteiger partial charge in [0.05, 0.1) is 10.2 Å². The normalized spacial score (nSPS) is 13.5. The van der Waals surface area contributed by atoms with Crippen LogP contribution >= 0.6 is 0 Å². The Labute approximate surface area is 116 Å². The van der Waals surface area contributed by atoms with E-state index in [0.29, 0.717) is 0 Å². The molecule has 0 saturated heterocycles. The molecule has 0 aromatic carbocycles. The van der Waals surface area contributed by atoms with E-state index in [1.807, 2.05) is 0 Å². The van der Waals surface area contributed by atoms with Crippen molar-refractivity contribution < 1.29 is 19.1 Å². The summed E-state index contributed by atoms with van der Waals surface area (Å²) < 4.78 is 12.2. The quantitative estimate of drug-likeness (QED) is 0.464. The second-order valence-corrected chi connectivity index (χ2v) is 15.4. The second kappa shape index (κ2) is 8.62. The Morgan fingerprint density at radius 1 is 0.889 bits per heavy atom. The van der Waals surface area contributed by atoms with Gasteiger partial charge in [0.25, 0.3) is 0 Å². The van der Waals surface area contributed by atoms with Gasteiger partial charge >= 0.3 is 0 Å². The van der Waals surface area contributed by atoms with Crippen molar-refractivity contribution in [3.05, 3.63) is 0 Å². The lowest BCUT2D eigenvalue weighted by atomic mass is 10.5. The maximum absolute atomic E-state index is 8.87. The van der Waals surface area contributed by atoms with E-state index in [0.717, 1.165) is 35.2 Å². The Hall–Kier alpha value is 0.491. The first-order valence-electron chi connectivity index (χ1n) is 6.80. The average Bonchev–Trinajstić information content (AvgIpc) is 2.22. The van der Waals surface area contributed by atoms with Crippen LogP contribution in [0.1, 0.15) is 12.8 Å². The molecule has 0 aromatic heterocycles. The van der Waals surface area contributed by atoms with E-state index in [2.05, 4.69) is 26.2 Å². The molecule has 0 fully saturated rings. The Kier molecular flexibility index (Phi) is 8.85. The van der Waals surface area contributed by atoms with Crippen molar-refractivity contribution in [2.75, 3.05) is 13.2 Å². The molecule has 0 saturated carbocycles. The number of hydrogen-bond donors (Lipinski definition) is 2. The molecule has 4 nitrogen and oxygen atoms in total. The molecule has 0 heterocycles. The van der Waals surface area contributed by atoms with E-state index >= 15 is 0 Å². The van der Waals surface area contributed by atoms with Gasteiger partial charge in [-0.3, -0.25) is 0 Å². The van der Waals surface area contributed by atoms with Gasteiger partial charge < -0.3 is 19.1 Å². The molecule has 110 valence electrons. The van der Waals surface area contributed by atoms with Crippen molar-refractivity contribution in [3.8, 4) is 0 Å². The highest BCUT2D eigenvalue weighted by Gasteiger charge is 2.29. The SMILES string of the molecule is C[Si](C)(CCCO)OC([SiH3])O[Si](C)(C)CCCO. The molecule has 0 aliphatic rings. The van der Waals surface area contributed by atoms with Crippen LogP contribution in [0.5, 0.6) is 0 Å². The van der Waals surface area contributed by atoms with Gasteiger partial charge in [0.15, 0.2) is 16.6 Å². The molecule has 0 aliphatic carbocycles. The highest BCUT2D eigenvalue weighted by atomic mass is 28.4.